The predicted molar refractivity (Wildman–Crippen MR) is 84.2 cm³/mol. The van der Waals surface area contributed by atoms with Crippen LogP contribution in [-0.4, -0.2) is 34.0 Å². The molecule has 4 nitrogen and oxygen atoms in total. The van der Waals surface area contributed by atoms with Crippen LogP contribution in [0.3, 0.4) is 0 Å². The van der Waals surface area contributed by atoms with Crippen LogP contribution in [0.15, 0.2) is 42.5 Å². The summed E-state index contributed by atoms with van der Waals surface area (Å²) in [4.78, 5) is 14.7. The summed E-state index contributed by atoms with van der Waals surface area (Å²) in [5.41, 5.74) is 1.19. The lowest BCUT2D eigenvalue weighted by Gasteiger charge is -2.18. The van der Waals surface area contributed by atoms with E-state index in [9.17, 15) is 15.0 Å². The van der Waals surface area contributed by atoms with Crippen molar-refractivity contribution in [2.24, 2.45) is 0 Å². The SMILES string of the molecule is O=C(c1ccccc1)c1ccc(O)c(CN2CCCC2)c1O. The van der Waals surface area contributed by atoms with Crippen molar-refractivity contribution in [2.75, 3.05) is 13.1 Å². The van der Waals surface area contributed by atoms with Crippen LogP contribution in [0.5, 0.6) is 11.5 Å². The van der Waals surface area contributed by atoms with E-state index in [4.69, 9.17) is 0 Å². The lowest BCUT2D eigenvalue weighted by molar-refractivity contribution is 0.103. The van der Waals surface area contributed by atoms with Crippen LogP contribution in [-0.2, 0) is 6.54 Å². The van der Waals surface area contributed by atoms with E-state index in [1.54, 1.807) is 24.3 Å². The molecule has 1 heterocycles. The Morgan fingerprint density at radius 1 is 1.00 bits per heavy atom. The molecule has 0 bridgehead atoms. The number of likely N-dealkylation sites (tertiary alicyclic amines) is 1. The van der Waals surface area contributed by atoms with Crippen molar-refractivity contribution in [1.82, 2.24) is 4.90 Å². The lowest BCUT2D eigenvalue weighted by Crippen LogP contribution is -2.19. The average molecular weight is 297 g/mol. The van der Waals surface area contributed by atoms with Crippen LogP contribution in [0.1, 0.15) is 34.3 Å². The highest BCUT2D eigenvalue weighted by molar-refractivity contribution is 6.11. The van der Waals surface area contributed by atoms with Crippen LogP contribution in [0.4, 0.5) is 0 Å². The number of hydrogen-bond acceptors (Lipinski definition) is 4. The standard InChI is InChI=1S/C18H19NO3/c20-16-9-8-14(17(21)13-6-2-1-3-7-13)18(22)15(16)12-19-10-4-5-11-19/h1-3,6-9,20,22H,4-5,10-12H2. The molecular weight excluding hydrogens is 278 g/mol. The Kier molecular flexibility index (Phi) is 4.11. The molecule has 2 N–H and O–H groups in total. The third-order valence-corrected chi connectivity index (χ3v) is 4.12. The van der Waals surface area contributed by atoms with Crippen molar-refractivity contribution in [1.29, 1.82) is 0 Å². The van der Waals surface area contributed by atoms with Gasteiger partial charge in [0.05, 0.1) is 11.1 Å². The Balaban J connectivity index is 1.94. The predicted octanol–water partition coefficient (Wildman–Crippen LogP) is 2.92. The molecule has 0 atom stereocenters. The van der Waals surface area contributed by atoms with Crippen molar-refractivity contribution >= 4 is 5.78 Å². The normalized spacial score (nSPS) is 15.1. The van der Waals surface area contributed by atoms with E-state index >= 15 is 0 Å². The van der Waals surface area contributed by atoms with Gasteiger partial charge in [-0.25, -0.2) is 0 Å². The second kappa shape index (κ2) is 6.20. The number of ketones is 1. The fourth-order valence-corrected chi connectivity index (χ4v) is 2.87. The highest BCUT2D eigenvalue weighted by atomic mass is 16.3. The third-order valence-electron chi connectivity index (χ3n) is 4.12. The summed E-state index contributed by atoms with van der Waals surface area (Å²) < 4.78 is 0. The number of benzene rings is 2. The van der Waals surface area contributed by atoms with Crippen molar-refractivity contribution in [3.8, 4) is 11.5 Å². The molecule has 1 aliphatic rings. The summed E-state index contributed by atoms with van der Waals surface area (Å²) >= 11 is 0. The minimum absolute atomic E-state index is 0.0361. The van der Waals surface area contributed by atoms with E-state index in [2.05, 4.69) is 4.90 Å². The summed E-state index contributed by atoms with van der Waals surface area (Å²) in [5, 5.41) is 20.5. The number of rotatable bonds is 4. The highest BCUT2D eigenvalue weighted by Crippen LogP contribution is 2.33. The summed E-state index contributed by atoms with van der Waals surface area (Å²) in [6.45, 7) is 2.37. The first-order chi connectivity index (χ1) is 10.7. The van der Waals surface area contributed by atoms with Gasteiger partial charge in [0, 0.05) is 12.1 Å². The zero-order valence-electron chi connectivity index (χ0n) is 12.3. The molecule has 0 spiro atoms. The maximum atomic E-state index is 12.5. The minimum atomic E-state index is -0.235. The van der Waals surface area contributed by atoms with Gasteiger partial charge >= 0.3 is 0 Å². The van der Waals surface area contributed by atoms with E-state index in [0.717, 1.165) is 25.9 Å². The molecule has 0 aromatic heterocycles. The fraction of sp³-hybridized carbons (Fsp3) is 0.278. The molecule has 0 amide bonds. The van der Waals surface area contributed by atoms with E-state index < -0.39 is 0 Å². The molecule has 0 saturated carbocycles. The molecule has 4 heteroatoms. The number of phenols is 2. The molecule has 114 valence electrons. The number of hydrogen-bond donors (Lipinski definition) is 2. The monoisotopic (exact) mass is 297 g/mol. The van der Waals surface area contributed by atoms with Crippen molar-refractivity contribution in [2.45, 2.75) is 19.4 Å². The maximum absolute atomic E-state index is 12.5. The molecule has 0 radical (unpaired) electrons. The first kappa shape index (κ1) is 14.6. The molecule has 1 fully saturated rings. The molecule has 0 aliphatic carbocycles. The van der Waals surface area contributed by atoms with Crippen LogP contribution >= 0.6 is 0 Å². The van der Waals surface area contributed by atoms with Gasteiger partial charge in [0.2, 0.25) is 0 Å². The Labute approximate surface area is 129 Å². The molecule has 1 aliphatic heterocycles. The van der Waals surface area contributed by atoms with Gasteiger partial charge in [0.25, 0.3) is 0 Å². The number of carbonyl (C=O) groups excluding carboxylic acids is 1. The summed E-state index contributed by atoms with van der Waals surface area (Å²) in [6.07, 6.45) is 2.26. The van der Waals surface area contributed by atoms with Crippen LogP contribution in [0.25, 0.3) is 0 Å². The molecule has 2 aromatic carbocycles. The number of aromatic hydroxyl groups is 2. The van der Waals surface area contributed by atoms with Crippen molar-refractivity contribution in [3.05, 3.63) is 59.2 Å². The van der Waals surface area contributed by atoms with Gasteiger partial charge in [-0.05, 0) is 38.1 Å². The smallest absolute Gasteiger partial charge is 0.196 e. The largest absolute Gasteiger partial charge is 0.507 e. The minimum Gasteiger partial charge on any atom is -0.507 e. The van der Waals surface area contributed by atoms with Crippen molar-refractivity contribution in [3.63, 3.8) is 0 Å². The van der Waals surface area contributed by atoms with Gasteiger partial charge in [-0.2, -0.15) is 0 Å². The summed E-state index contributed by atoms with van der Waals surface area (Å²) in [5.74, 6) is -0.310. The van der Waals surface area contributed by atoms with Gasteiger partial charge in [0.1, 0.15) is 11.5 Å². The highest BCUT2D eigenvalue weighted by Gasteiger charge is 2.21. The van der Waals surface area contributed by atoms with Crippen LogP contribution in [0.2, 0.25) is 0 Å². The van der Waals surface area contributed by atoms with Crippen molar-refractivity contribution < 1.29 is 15.0 Å². The fourth-order valence-electron chi connectivity index (χ4n) is 2.87. The van der Waals surface area contributed by atoms with E-state index in [-0.39, 0.29) is 22.8 Å². The number of carbonyl (C=O) groups is 1. The Morgan fingerprint density at radius 2 is 1.68 bits per heavy atom. The Bertz CT molecular complexity index is 676. The summed E-state index contributed by atoms with van der Waals surface area (Å²) in [6, 6.07) is 11.8. The first-order valence-corrected chi connectivity index (χ1v) is 7.52. The zero-order chi connectivity index (χ0) is 15.5. The Morgan fingerprint density at radius 3 is 2.36 bits per heavy atom. The molecule has 0 unspecified atom stereocenters. The van der Waals surface area contributed by atoms with Gasteiger partial charge in [-0.3, -0.25) is 9.69 Å². The first-order valence-electron chi connectivity index (χ1n) is 7.52. The molecule has 2 aromatic rings. The summed E-state index contributed by atoms with van der Waals surface area (Å²) in [7, 11) is 0. The second-order valence-corrected chi connectivity index (χ2v) is 5.64. The van der Waals surface area contributed by atoms with E-state index in [1.165, 1.54) is 12.1 Å². The van der Waals surface area contributed by atoms with E-state index in [1.807, 2.05) is 6.07 Å². The lowest BCUT2D eigenvalue weighted by atomic mass is 9.99. The maximum Gasteiger partial charge on any atom is 0.196 e. The molecule has 22 heavy (non-hydrogen) atoms. The Hall–Kier alpha value is -2.33. The molecule has 3 rings (SSSR count). The number of phenolic OH excluding ortho intramolecular Hbond substituents is 2. The zero-order valence-corrected chi connectivity index (χ0v) is 12.3. The molecule has 1 saturated heterocycles. The average Bonchev–Trinajstić information content (AvgIpc) is 3.05. The van der Waals surface area contributed by atoms with Crippen LogP contribution in [0, 0.1) is 0 Å². The topological polar surface area (TPSA) is 60.8 Å². The van der Waals surface area contributed by atoms with Gasteiger partial charge in [-0.15, -0.1) is 0 Å². The van der Waals surface area contributed by atoms with Gasteiger partial charge < -0.3 is 10.2 Å². The van der Waals surface area contributed by atoms with Gasteiger partial charge in [-0.1, -0.05) is 30.3 Å². The quantitative estimate of drug-likeness (QED) is 0.852. The number of nitrogens with zero attached hydrogens (tertiary/aromatic N) is 1. The second-order valence-electron chi connectivity index (χ2n) is 5.64. The third kappa shape index (κ3) is 2.83. The van der Waals surface area contributed by atoms with Gasteiger partial charge in [0.15, 0.2) is 5.78 Å². The van der Waals surface area contributed by atoms with E-state index in [0.29, 0.717) is 17.7 Å². The molecular formula is C18H19NO3. The van der Waals surface area contributed by atoms with Crippen LogP contribution < -0.4 is 0 Å².